The van der Waals surface area contributed by atoms with Gasteiger partial charge in [-0.2, -0.15) is 13.9 Å². The third-order valence-electron chi connectivity index (χ3n) is 5.96. The predicted octanol–water partition coefficient (Wildman–Crippen LogP) is 3.89. The summed E-state index contributed by atoms with van der Waals surface area (Å²) < 4.78 is 33.8. The molecule has 0 bridgehead atoms. The van der Waals surface area contributed by atoms with Crippen LogP contribution < -0.4 is 10.1 Å². The second-order valence-corrected chi connectivity index (χ2v) is 8.64. The molecule has 1 aliphatic rings. The van der Waals surface area contributed by atoms with E-state index >= 15 is 0 Å². The number of alkyl halides is 2. The minimum atomic E-state index is -3.16. The van der Waals surface area contributed by atoms with E-state index in [0.717, 1.165) is 0 Å². The highest BCUT2D eigenvalue weighted by atomic mass is 35.5. The van der Waals surface area contributed by atoms with E-state index in [1.807, 2.05) is 0 Å². The highest BCUT2D eigenvalue weighted by Crippen LogP contribution is 2.30. The third kappa shape index (κ3) is 5.59. The van der Waals surface area contributed by atoms with E-state index in [4.69, 9.17) is 16.3 Å². The molecule has 4 rings (SSSR count). The average molecular weight is 504 g/mol. The molecule has 0 spiro atoms. The summed E-state index contributed by atoms with van der Waals surface area (Å²) in [4.78, 5) is 31.0. The molecule has 35 heavy (non-hydrogen) atoms. The molecule has 11 heteroatoms. The Morgan fingerprint density at radius 3 is 2.63 bits per heavy atom. The van der Waals surface area contributed by atoms with Crippen LogP contribution in [-0.4, -0.2) is 58.6 Å². The minimum Gasteiger partial charge on any atom is -0.481 e. The molecule has 0 atom stereocenters. The molecule has 184 valence electrons. The third-order valence-corrected chi connectivity index (χ3v) is 6.26. The number of hydrogen-bond acceptors (Lipinski definition) is 5. The van der Waals surface area contributed by atoms with E-state index in [2.05, 4.69) is 20.5 Å². The van der Waals surface area contributed by atoms with Crippen molar-refractivity contribution < 1.29 is 23.1 Å². The van der Waals surface area contributed by atoms with Crippen LogP contribution in [0.3, 0.4) is 0 Å². The highest BCUT2D eigenvalue weighted by molar-refractivity contribution is 6.33. The zero-order chi connectivity index (χ0) is 25.0. The summed E-state index contributed by atoms with van der Waals surface area (Å²) in [5, 5.41) is 9.65. The van der Waals surface area contributed by atoms with Crippen molar-refractivity contribution in [1.29, 1.82) is 0 Å². The second kappa shape index (κ2) is 10.4. The molecule has 0 saturated carbocycles. The van der Waals surface area contributed by atoms with Crippen LogP contribution in [0, 0.1) is 5.92 Å². The van der Waals surface area contributed by atoms with Crippen LogP contribution in [0.15, 0.2) is 48.7 Å². The maximum atomic E-state index is 14.3. The number of aromatic nitrogens is 3. The second-order valence-electron chi connectivity index (χ2n) is 8.23. The van der Waals surface area contributed by atoms with Crippen LogP contribution in [0.5, 0.6) is 5.88 Å². The maximum absolute atomic E-state index is 14.3. The number of hydrogen-bond donors (Lipinski definition) is 2. The summed E-state index contributed by atoms with van der Waals surface area (Å²) >= 11 is 6.21. The molecule has 0 radical (unpaired) electrons. The number of carbonyl (C=O) groups is 2. The van der Waals surface area contributed by atoms with Gasteiger partial charge in [-0.3, -0.25) is 14.7 Å². The first-order valence-corrected chi connectivity index (χ1v) is 11.4. The molecule has 0 aliphatic carbocycles. The SMILES string of the molecule is COc1cc(-c2cc(C(=O)N3CCC(C(=O)NCC(F)(F)c4ccccc4)CC3)n[nH]2)c(Cl)cn1. The van der Waals surface area contributed by atoms with E-state index in [1.165, 1.54) is 37.6 Å². The fourth-order valence-electron chi connectivity index (χ4n) is 3.94. The number of amides is 2. The smallest absolute Gasteiger partial charge is 0.290 e. The van der Waals surface area contributed by atoms with Crippen LogP contribution >= 0.6 is 11.6 Å². The lowest BCUT2D eigenvalue weighted by Crippen LogP contribution is -2.45. The van der Waals surface area contributed by atoms with Crippen LogP contribution in [-0.2, 0) is 10.7 Å². The number of methoxy groups -OCH3 is 1. The lowest BCUT2D eigenvalue weighted by molar-refractivity contribution is -0.128. The van der Waals surface area contributed by atoms with E-state index in [1.54, 1.807) is 23.1 Å². The standard InChI is InChI=1S/C24H24ClF2N5O3/c1-35-21-11-17(18(25)13-28-21)19-12-20(31-30-19)23(34)32-9-7-15(8-10-32)22(33)29-14-24(26,27)16-5-3-2-4-6-16/h2-6,11-13,15H,7-10,14H2,1H3,(H,29,33)(H,30,31). The number of nitrogens with zero attached hydrogens (tertiary/aromatic N) is 3. The molecule has 2 N–H and O–H groups in total. The summed E-state index contributed by atoms with van der Waals surface area (Å²) in [6, 6.07) is 10.6. The Kier molecular flexibility index (Phi) is 7.30. The number of pyridine rings is 1. The molecule has 1 aromatic carbocycles. The van der Waals surface area contributed by atoms with Crippen LogP contribution in [0.2, 0.25) is 5.02 Å². The molecule has 2 amide bonds. The summed E-state index contributed by atoms with van der Waals surface area (Å²) in [6.45, 7) is -0.135. The molecule has 3 aromatic rings. The largest absolute Gasteiger partial charge is 0.481 e. The number of rotatable bonds is 7. The van der Waals surface area contributed by atoms with Gasteiger partial charge in [-0.25, -0.2) is 4.98 Å². The number of ether oxygens (including phenoxy) is 1. The number of aromatic amines is 1. The van der Waals surface area contributed by atoms with Crippen molar-refractivity contribution >= 4 is 23.4 Å². The highest BCUT2D eigenvalue weighted by Gasteiger charge is 2.34. The Labute approximate surface area is 205 Å². The topological polar surface area (TPSA) is 100 Å². The first-order chi connectivity index (χ1) is 16.8. The van der Waals surface area contributed by atoms with Gasteiger partial charge in [0.05, 0.1) is 30.6 Å². The van der Waals surface area contributed by atoms with Gasteiger partial charge in [-0.05, 0) is 18.9 Å². The zero-order valence-electron chi connectivity index (χ0n) is 18.9. The number of H-pyrrole nitrogens is 1. The van der Waals surface area contributed by atoms with Gasteiger partial charge in [0.2, 0.25) is 11.8 Å². The number of halogens is 3. The molecule has 2 aromatic heterocycles. The van der Waals surface area contributed by atoms with Crippen molar-refractivity contribution in [2.24, 2.45) is 5.92 Å². The Balaban J connectivity index is 1.32. The lowest BCUT2D eigenvalue weighted by Gasteiger charge is -2.31. The van der Waals surface area contributed by atoms with Crippen molar-refractivity contribution in [3.8, 4) is 17.1 Å². The van der Waals surface area contributed by atoms with E-state index < -0.39 is 24.3 Å². The molecule has 3 heterocycles. The molecule has 0 unspecified atom stereocenters. The van der Waals surface area contributed by atoms with E-state index in [0.29, 0.717) is 48.1 Å². The Bertz CT molecular complexity index is 1200. The quantitative estimate of drug-likeness (QED) is 0.509. The van der Waals surface area contributed by atoms with Crippen molar-refractivity contribution in [3.63, 3.8) is 0 Å². The van der Waals surface area contributed by atoms with Gasteiger partial charge in [0.15, 0.2) is 5.69 Å². The minimum absolute atomic E-state index is 0.148. The first kappa shape index (κ1) is 24.6. The Morgan fingerprint density at radius 1 is 1.23 bits per heavy atom. The Morgan fingerprint density at radius 2 is 1.94 bits per heavy atom. The average Bonchev–Trinajstić information content (AvgIpc) is 3.38. The summed E-state index contributed by atoms with van der Waals surface area (Å²) in [6.07, 6.45) is 2.20. The molecule has 8 nitrogen and oxygen atoms in total. The van der Waals surface area contributed by atoms with Gasteiger partial charge in [-0.15, -0.1) is 0 Å². The van der Waals surface area contributed by atoms with Gasteiger partial charge >= 0.3 is 0 Å². The van der Waals surface area contributed by atoms with Crippen molar-refractivity contribution in [1.82, 2.24) is 25.4 Å². The van der Waals surface area contributed by atoms with Crippen molar-refractivity contribution in [3.05, 3.63) is 64.9 Å². The summed E-state index contributed by atoms with van der Waals surface area (Å²) in [5.74, 6) is -3.96. The maximum Gasteiger partial charge on any atom is 0.290 e. The monoisotopic (exact) mass is 503 g/mol. The van der Waals surface area contributed by atoms with Gasteiger partial charge in [0.25, 0.3) is 11.8 Å². The first-order valence-electron chi connectivity index (χ1n) is 11.0. The number of carbonyl (C=O) groups excluding carboxylic acids is 2. The van der Waals surface area contributed by atoms with Crippen LogP contribution in [0.4, 0.5) is 8.78 Å². The van der Waals surface area contributed by atoms with Gasteiger partial charge in [0.1, 0.15) is 0 Å². The molecule has 1 aliphatic heterocycles. The molecule has 1 saturated heterocycles. The van der Waals surface area contributed by atoms with E-state index in [9.17, 15) is 18.4 Å². The van der Waals surface area contributed by atoms with E-state index in [-0.39, 0.29) is 17.2 Å². The van der Waals surface area contributed by atoms with Crippen LogP contribution in [0.25, 0.3) is 11.3 Å². The summed E-state index contributed by atoms with van der Waals surface area (Å²) in [7, 11) is 1.49. The Hall–Kier alpha value is -3.53. The number of nitrogens with one attached hydrogen (secondary N) is 2. The number of likely N-dealkylation sites (tertiary alicyclic amines) is 1. The number of piperidine rings is 1. The van der Waals surface area contributed by atoms with Crippen molar-refractivity contribution in [2.75, 3.05) is 26.7 Å². The molecular formula is C24H24ClF2N5O3. The van der Waals surface area contributed by atoms with Crippen molar-refractivity contribution in [2.45, 2.75) is 18.8 Å². The molecule has 1 fully saturated rings. The fourth-order valence-corrected chi connectivity index (χ4v) is 4.15. The van der Waals surface area contributed by atoms with Gasteiger partial charge < -0.3 is 15.0 Å². The van der Waals surface area contributed by atoms with Gasteiger partial charge in [-0.1, -0.05) is 41.9 Å². The zero-order valence-corrected chi connectivity index (χ0v) is 19.7. The molecular weight excluding hydrogens is 480 g/mol. The van der Waals surface area contributed by atoms with Crippen LogP contribution in [0.1, 0.15) is 28.9 Å². The number of benzene rings is 1. The lowest BCUT2D eigenvalue weighted by atomic mass is 9.95. The summed E-state index contributed by atoms with van der Waals surface area (Å²) in [5.41, 5.74) is 1.18. The normalized spacial score (nSPS) is 14.6. The fraction of sp³-hybridized carbons (Fsp3) is 0.333. The van der Waals surface area contributed by atoms with Gasteiger partial charge in [0, 0.05) is 36.2 Å². The predicted molar refractivity (Wildman–Crippen MR) is 125 cm³/mol.